The van der Waals surface area contributed by atoms with Crippen molar-refractivity contribution in [2.24, 2.45) is 0 Å². The summed E-state index contributed by atoms with van der Waals surface area (Å²) in [7, 11) is 0. The van der Waals surface area contributed by atoms with Crippen LogP contribution < -0.4 is 0 Å². The Hall–Kier alpha value is -2.71. The third kappa shape index (κ3) is 2.49. The standard InChI is InChI=1S/C12H7F3N2O4/c1-5-6-2-3-9(12(13,14)15)16-8(6)4-7(11(18)19)10(5)17(20)21/h2-4H,1H3,(H,18,19). The van der Waals surface area contributed by atoms with E-state index in [0.29, 0.717) is 6.07 Å². The molecule has 0 saturated heterocycles. The number of carboxylic acids is 1. The van der Waals surface area contributed by atoms with Gasteiger partial charge in [-0.25, -0.2) is 9.78 Å². The Morgan fingerprint density at radius 3 is 2.48 bits per heavy atom. The highest BCUT2D eigenvalue weighted by atomic mass is 19.4. The molecule has 0 fully saturated rings. The van der Waals surface area contributed by atoms with E-state index in [1.54, 1.807) is 0 Å². The number of hydrogen-bond acceptors (Lipinski definition) is 4. The van der Waals surface area contributed by atoms with Gasteiger partial charge in [0.25, 0.3) is 5.69 Å². The fourth-order valence-electron chi connectivity index (χ4n) is 1.99. The monoisotopic (exact) mass is 300 g/mol. The maximum absolute atomic E-state index is 12.6. The molecule has 1 heterocycles. The highest BCUT2D eigenvalue weighted by molar-refractivity contribution is 6.00. The van der Waals surface area contributed by atoms with E-state index in [1.807, 2.05) is 0 Å². The van der Waals surface area contributed by atoms with E-state index in [2.05, 4.69) is 4.98 Å². The summed E-state index contributed by atoms with van der Waals surface area (Å²) in [4.78, 5) is 24.5. The van der Waals surface area contributed by atoms with Gasteiger partial charge in [0.15, 0.2) is 0 Å². The Morgan fingerprint density at radius 1 is 1.38 bits per heavy atom. The van der Waals surface area contributed by atoms with Crippen molar-refractivity contribution in [3.05, 3.63) is 45.1 Å². The summed E-state index contributed by atoms with van der Waals surface area (Å²) in [6, 6.07) is 2.51. The smallest absolute Gasteiger partial charge is 0.433 e. The molecule has 1 N–H and O–H groups in total. The number of aromatic nitrogens is 1. The maximum atomic E-state index is 12.6. The predicted molar refractivity (Wildman–Crippen MR) is 65.1 cm³/mol. The van der Waals surface area contributed by atoms with Crippen LogP contribution in [0.15, 0.2) is 18.2 Å². The van der Waals surface area contributed by atoms with Gasteiger partial charge in [-0.2, -0.15) is 13.2 Å². The predicted octanol–water partition coefficient (Wildman–Crippen LogP) is 3.17. The number of halogens is 3. The topological polar surface area (TPSA) is 93.3 Å². The molecule has 0 bridgehead atoms. The lowest BCUT2D eigenvalue weighted by molar-refractivity contribution is -0.385. The highest BCUT2D eigenvalue weighted by Crippen LogP contribution is 2.34. The minimum Gasteiger partial charge on any atom is -0.477 e. The van der Waals surface area contributed by atoms with E-state index in [1.165, 1.54) is 6.92 Å². The van der Waals surface area contributed by atoms with E-state index >= 15 is 0 Å². The second-order valence-electron chi connectivity index (χ2n) is 4.22. The molecule has 21 heavy (non-hydrogen) atoms. The van der Waals surface area contributed by atoms with Gasteiger partial charge in [0.2, 0.25) is 0 Å². The zero-order valence-corrected chi connectivity index (χ0v) is 10.4. The molecule has 6 nitrogen and oxygen atoms in total. The molecule has 0 aliphatic rings. The Kier molecular flexibility index (Phi) is 3.28. The van der Waals surface area contributed by atoms with Crippen molar-refractivity contribution in [1.82, 2.24) is 4.98 Å². The van der Waals surface area contributed by atoms with Gasteiger partial charge >= 0.3 is 12.1 Å². The number of carboxylic acid groups (broad SMARTS) is 1. The van der Waals surface area contributed by atoms with Gasteiger partial charge < -0.3 is 5.11 Å². The van der Waals surface area contributed by atoms with Crippen LogP contribution in [0.25, 0.3) is 10.9 Å². The van der Waals surface area contributed by atoms with Crippen LogP contribution in [0.1, 0.15) is 21.6 Å². The molecule has 9 heteroatoms. The first-order valence-corrected chi connectivity index (χ1v) is 5.52. The van der Waals surface area contributed by atoms with E-state index in [9.17, 15) is 28.1 Å². The van der Waals surface area contributed by atoms with Crippen LogP contribution >= 0.6 is 0 Å². The summed E-state index contributed by atoms with van der Waals surface area (Å²) in [6.07, 6.45) is -4.69. The van der Waals surface area contributed by atoms with Crippen LogP contribution in [-0.2, 0) is 6.18 Å². The van der Waals surface area contributed by atoms with E-state index in [0.717, 1.165) is 12.1 Å². The first-order valence-electron chi connectivity index (χ1n) is 5.52. The molecule has 110 valence electrons. The lowest BCUT2D eigenvalue weighted by Crippen LogP contribution is -2.09. The average molecular weight is 300 g/mol. The van der Waals surface area contributed by atoms with E-state index in [4.69, 9.17) is 5.11 Å². The Bertz CT molecular complexity index is 771. The molecule has 0 atom stereocenters. The summed E-state index contributed by atoms with van der Waals surface area (Å²) in [5.74, 6) is -1.61. The van der Waals surface area contributed by atoms with Crippen LogP contribution in [-0.4, -0.2) is 21.0 Å². The maximum Gasteiger partial charge on any atom is 0.433 e. The SMILES string of the molecule is Cc1c([N+](=O)[O-])c(C(=O)O)cc2nc(C(F)(F)F)ccc12. The van der Waals surface area contributed by atoms with E-state index in [-0.39, 0.29) is 16.5 Å². The lowest BCUT2D eigenvalue weighted by atomic mass is 10.0. The second-order valence-corrected chi connectivity index (χ2v) is 4.22. The number of nitro groups is 1. The number of benzene rings is 1. The first-order chi connectivity index (χ1) is 9.62. The average Bonchev–Trinajstić information content (AvgIpc) is 2.36. The molecular weight excluding hydrogens is 293 g/mol. The second kappa shape index (κ2) is 4.69. The summed E-state index contributed by atoms with van der Waals surface area (Å²) < 4.78 is 37.8. The molecule has 0 radical (unpaired) electrons. The van der Waals surface area contributed by atoms with Crippen molar-refractivity contribution in [3.8, 4) is 0 Å². The van der Waals surface area contributed by atoms with Gasteiger partial charge in [-0.15, -0.1) is 0 Å². The van der Waals surface area contributed by atoms with Crippen molar-refractivity contribution in [2.45, 2.75) is 13.1 Å². The van der Waals surface area contributed by atoms with E-state index < -0.39 is 34.0 Å². The molecule has 2 rings (SSSR count). The number of fused-ring (bicyclic) bond motifs is 1. The summed E-state index contributed by atoms with van der Waals surface area (Å²) >= 11 is 0. The van der Waals surface area contributed by atoms with Crippen LogP contribution in [0.5, 0.6) is 0 Å². The van der Waals surface area contributed by atoms with Crippen molar-refractivity contribution >= 4 is 22.6 Å². The number of aryl methyl sites for hydroxylation is 1. The fraction of sp³-hybridized carbons (Fsp3) is 0.167. The third-order valence-corrected chi connectivity index (χ3v) is 2.92. The van der Waals surface area contributed by atoms with Crippen molar-refractivity contribution < 1.29 is 28.0 Å². The highest BCUT2D eigenvalue weighted by Gasteiger charge is 2.33. The minimum atomic E-state index is -4.69. The zero-order chi connectivity index (χ0) is 15.9. The molecule has 1 aromatic heterocycles. The number of rotatable bonds is 2. The van der Waals surface area contributed by atoms with Crippen molar-refractivity contribution in [3.63, 3.8) is 0 Å². The normalized spacial score (nSPS) is 11.6. The van der Waals surface area contributed by atoms with Gasteiger partial charge in [-0.05, 0) is 19.1 Å². The molecule has 0 amide bonds. The number of nitro benzene ring substituents is 1. The number of alkyl halides is 3. The Morgan fingerprint density at radius 2 is 2.00 bits per heavy atom. The van der Waals surface area contributed by atoms with Crippen LogP contribution in [0.4, 0.5) is 18.9 Å². The van der Waals surface area contributed by atoms with Crippen LogP contribution in [0.3, 0.4) is 0 Å². The van der Waals surface area contributed by atoms with Crippen LogP contribution in [0, 0.1) is 17.0 Å². The number of nitrogens with zero attached hydrogens (tertiary/aromatic N) is 2. The number of carbonyl (C=O) groups is 1. The first kappa shape index (κ1) is 14.7. The van der Waals surface area contributed by atoms with Crippen molar-refractivity contribution in [2.75, 3.05) is 0 Å². The van der Waals surface area contributed by atoms with Gasteiger partial charge in [-0.3, -0.25) is 10.1 Å². The van der Waals surface area contributed by atoms with Gasteiger partial charge in [-0.1, -0.05) is 6.07 Å². The number of hydrogen-bond donors (Lipinski definition) is 1. The lowest BCUT2D eigenvalue weighted by Gasteiger charge is -2.09. The van der Waals surface area contributed by atoms with Crippen molar-refractivity contribution in [1.29, 1.82) is 0 Å². The summed E-state index contributed by atoms with van der Waals surface area (Å²) in [6.45, 7) is 1.27. The third-order valence-electron chi connectivity index (χ3n) is 2.92. The minimum absolute atomic E-state index is 0.0453. The summed E-state index contributed by atoms with van der Waals surface area (Å²) in [5, 5.41) is 20.0. The zero-order valence-electron chi connectivity index (χ0n) is 10.4. The Balaban J connectivity index is 2.86. The van der Waals surface area contributed by atoms with Gasteiger partial charge in [0, 0.05) is 10.9 Å². The van der Waals surface area contributed by atoms with Crippen LogP contribution in [0.2, 0.25) is 0 Å². The molecule has 1 aromatic carbocycles. The van der Waals surface area contributed by atoms with Gasteiger partial charge in [0.05, 0.1) is 10.4 Å². The molecule has 0 aliphatic carbocycles. The molecular formula is C12H7F3N2O4. The summed E-state index contributed by atoms with van der Waals surface area (Å²) in [5.41, 5.74) is -2.85. The molecule has 0 saturated carbocycles. The quantitative estimate of drug-likeness (QED) is 0.679. The van der Waals surface area contributed by atoms with Gasteiger partial charge in [0.1, 0.15) is 11.3 Å². The molecule has 0 unspecified atom stereocenters. The number of pyridine rings is 1. The largest absolute Gasteiger partial charge is 0.477 e. The molecule has 2 aromatic rings. The molecule has 0 spiro atoms. The number of aromatic carboxylic acids is 1. The Labute approximate surface area is 115 Å². The molecule has 0 aliphatic heterocycles. The fourth-order valence-corrected chi connectivity index (χ4v) is 1.99.